The Morgan fingerprint density at radius 1 is 1.32 bits per heavy atom. The summed E-state index contributed by atoms with van der Waals surface area (Å²) in [4.78, 5) is 8.90. The van der Waals surface area contributed by atoms with Crippen LogP contribution < -0.4 is 10.1 Å². The van der Waals surface area contributed by atoms with Crippen molar-refractivity contribution in [2.45, 2.75) is 38.5 Å². The minimum Gasteiger partial charge on any atom is -0.475 e. The zero-order valence-electron chi connectivity index (χ0n) is 15.2. The summed E-state index contributed by atoms with van der Waals surface area (Å²) < 4.78 is 29.0. The molecule has 9 nitrogen and oxygen atoms in total. The summed E-state index contributed by atoms with van der Waals surface area (Å²) in [5.41, 5.74) is 2.06. The number of anilines is 2. The molecule has 2 atom stereocenters. The van der Waals surface area contributed by atoms with Gasteiger partial charge in [0.05, 0.1) is 30.3 Å². The summed E-state index contributed by atoms with van der Waals surface area (Å²) in [6.45, 7) is 3.49. The van der Waals surface area contributed by atoms with Gasteiger partial charge in [0.2, 0.25) is 5.95 Å². The van der Waals surface area contributed by atoms with Gasteiger partial charge in [-0.1, -0.05) is 11.6 Å². The second-order valence-corrected chi connectivity index (χ2v) is 7.29. The number of nitrogens with zero attached hydrogens (tertiary/aromatic N) is 6. The molecule has 1 N–H and O–H groups in total. The number of rotatable bonds is 1. The second-order valence-electron chi connectivity index (χ2n) is 6.93. The number of fused-ring (bicyclic) bond motifs is 2. The smallest absolute Gasteiger partial charge is 0.257 e. The number of halogens is 2. The van der Waals surface area contributed by atoms with Gasteiger partial charge in [0.15, 0.2) is 10.8 Å². The first-order valence-electron chi connectivity index (χ1n) is 9.21. The third kappa shape index (κ3) is 2.87. The van der Waals surface area contributed by atoms with Crippen LogP contribution in [0, 0.1) is 6.92 Å². The minimum absolute atomic E-state index is 0.0768. The van der Waals surface area contributed by atoms with E-state index >= 15 is 0 Å². The number of aromatic nitrogens is 6. The van der Waals surface area contributed by atoms with Crippen LogP contribution in [0.25, 0.3) is 11.0 Å². The Morgan fingerprint density at radius 2 is 2.21 bits per heavy atom. The van der Waals surface area contributed by atoms with E-state index in [-0.39, 0.29) is 12.6 Å². The van der Waals surface area contributed by atoms with Crippen LogP contribution in [0.2, 0.25) is 5.15 Å². The first kappa shape index (κ1) is 17.6. The van der Waals surface area contributed by atoms with Gasteiger partial charge in [0.1, 0.15) is 11.9 Å². The van der Waals surface area contributed by atoms with Crippen LogP contribution in [0.5, 0.6) is 5.88 Å². The molecular weight excluding hydrogens is 389 g/mol. The van der Waals surface area contributed by atoms with Gasteiger partial charge < -0.3 is 14.8 Å². The first-order valence-corrected chi connectivity index (χ1v) is 9.59. The quantitative estimate of drug-likeness (QED) is 0.663. The van der Waals surface area contributed by atoms with Crippen molar-refractivity contribution in [3.63, 3.8) is 0 Å². The molecule has 2 bridgehead atoms. The normalized spacial score (nSPS) is 22.4. The molecule has 3 aromatic heterocycles. The average molecular weight is 408 g/mol. The van der Waals surface area contributed by atoms with Gasteiger partial charge in [-0.25, -0.2) is 14.1 Å². The molecule has 28 heavy (non-hydrogen) atoms. The zero-order chi connectivity index (χ0) is 19.3. The van der Waals surface area contributed by atoms with Gasteiger partial charge >= 0.3 is 0 Å². The van der Waals surface area contributed by atoms with Crippen LogP contribution in [-0.2, 0) is 11.3 Å². The lowest BCUT2D eigenvalue weighted by Gasteiger charge is -2.27. The molecule has 0 aromatic carbocycles. The molecule has 5 rings (SSSR count). The summed E-state index contributed by atoms with van der Waals surface area (Å²) >= 11 is 6.19. The van der Waals surface area contributed by atoms with Crippen LogP contribution >= 0.6 is 11.6 Å². The van der Waals surface area contributed by atoms with Gasteiger partial charge in [-0.05, 0) is 13.3 Å². The molecule has 0 aliphatic carbocycles. The second kappa shape index (κ2) is 6.85. The summed E-state index contributed by atoms with van der Waals surface area (Å²) in [5.74, 6) is 0.793. The monoisotopic (exact) mass is 407 g/mol. The van der Waals surface area contributed by atoms with E-state index in [1.54, 1.807) is 15.6 Å². The summed E-state index contributed by atoms with van der Waals surface area (Å²) in [6.07, 6.45) is 1.78. The molecule has 0 unspecified atom stereocenters. The fraction of sp³-hybridized carbons (Fsp3) is 0.529. The highest BCUT2D eigenvalue weighted by atomic mass is 35.5. The van der Waals surface area contributed by atoms with Crippen molar-refractivity contribution < 1.29 is 13.9 Å². The molecule has 11 heteroatoms. The van der Waals surface area contributed by atoms with Crippen LogP contribution in [-0.4, -0.2) is 55.5 Å². The highest BCUT2D eigenvalue weighted by molar-refractivity contribution is 6.34. The highest BCUT2D eigenvalue weighted by Crippen LogP contribution is 2.35. The predicted octanol–water partition coefficient (Wildman–Crippen LogP) is 2.81. The van der Waals surface area contributed by atoms with E-state index in [2.05, 4.69) is 25.5 Å². The Kier molecular flexibility index (Phi) is 4.31. The molecule has 5 heterocycles. The molecule has 2 aliphatic heterocycles. The summed E-state index contributed by atoms with van der Waals surface area (Å²) in [5, 5.41) is 13.1. The van der Waals surface area contributed by atoms with Crippen molar-refractivity contribution in [2.24, 2.45) is 0 Å². The topological polar surface area (TPSA) is 91.9 Å². The molecule has 3 aromatic rings. The fourth-order valence-electron chi connectivity index (χ4n) is 3.66. The third-order valence-electron chi connectivity index (χ3n) is 5.12. The van der Waals surface area contributed by atoms with E-state index in [1.165, 1.54) is 0 Å². The molecule has 0 saturated carbocycles. The number of nitrogens with one attached hydrogen (secondary N) is 1. The Morgan fingerprint density at radius 3 is 3.07 bits per heavy atom. The van der Waals surface area contributed by atoms with E-state index in [1.807, 2.05) is 6.92 Å². The van der Waals surface area contributed by atoms with E-state index < -0.39 is 6.17 Å². The van der Waals surface area contributed by atoms with Crippen LogP contribution in [0.3, 0.4) is 0 Å². The van der Waals surface area contributed by atoms with Gasteiger partial charge in [0, 0.05) is 25.8 Å². The molecule has 2 aliphatic rings. The van der Waals surface area contributed by atoms with Crippen molar-refractivity contribution >= 4 is 34.3 Å². The Bertz CT molecular complexity index is 1040. The Balaban J connectivity index is 1.58. The Labute approximate surface area is 164 Å². The van der Waals surface area contributed by atoms with E-state index in [0.717, 1.165) is 5.69 Å². The highest BCUT2D eigenvalue weighted by Gasteiger charge is 2.31. The molecule has 148 valence electrons. The lowest BCUT2D eigenvalue weighted by molar-refractivity contribution is -0.000995. The standard InChI is InChI=1S/C17H19ClFN7O2/c1-9-13-16(24-26(9)12-3-6-27-8-11(12)19)28-5-2-4-25-15-10(14(18)23-25)7-20-17(21-13)22-15/h7,11-12H,2-6,8H2,1H3,(H,20,21,22)/t11-,12-/m1/s1. The maximum absolute atomic E-state index is 14.4. The number of aryl methyl sites for hydroxylation is 1. The Hall–Kier alpha value is -2.46. The summed E-state index contributed by atoms with van der Waals surface area (Å²) in [6, 6.07) is -0.386. The third-order valence-corrected chi connectivity index (χ3v) is 5.40. The van der Waals surface area contributed by atoms with Crippen LogP contribution in [0.1, 0.15) is 24.6 Å². The van der Waals surface area contributed by atoms with Crippen molar-refractivity contribution in [1.29, 1.82) is 0 Å². The average Bonchev–Trinajstić information content (AvgIpc) is 3.16. The van der Waals surface area contributed by atoms with Crippen molar-refractivity contribution in [3.05, 3.63) is 17.0 Å². The number of alkyl halides is 1. The van der Waals surface area contributed by atoms with E-state index in [0.29, 0.717) is 66.3 Å². The maximum atomic E-state index is 14.4. The predicted molar refractivity (Wildman–Crippen MR) is 100 cm³/mol. The minimum atomic E-state index is -1.11. The van der Waals surface area contributed by atoms with Gasteiger partial charge in [-0.3, -0.25) is 4.68 Å². The van der Waals surface area contributed by atoms with Crippen LogP contribution in [0.15, 0.2) is 6.20 Å². The SMILES string of the molecule is Cc1c2c(nn1[C@@H]1CCOC[C@H]1F)OCCCn1nc(Cl)c3cnc(nc31)N2. The lowest BCUT2D eigenvalue weighted by atomic mass is 10.1. The van der Waals surface area contributed by atoms with E-state index in [4.69, 9.17) is 21.1 Å². The lowest BCUT2D eigenvalue weighted by Crippen LogP contribution is -2.32. The van der Waals surface area contributed by atoms with Crippen molar-refractivity contribution in [3.8, 4) is 5.88 Å². The number of ether oxygens (including phenoxy) is 2. The van der Waals surface area contributed by atoms with E-state index in [9.17, 15) is 4.39 Å². The maximum Gasteiger partial charge on any atom is 0.257 e. The van der Waals surface area contributed by atoms with Gasteiger partial charge in [-0.2, -0.15) is 10.1 Å². The molecular formula is C17H19ClFN7O2. The number of hydrogen-bond donors (Lipinski definition) is 1. The summed E-state index contributed by atoms with van der Waals surface area (Å²) in [7, 11) is 0. The fourth-order valence-corrected chi connectivity index (χ4v) is 3.89. The number of hydrogen-bond acceptors (Lipinski definition) is 7. The molecule has 1 saturated heterocycles. The molecule has 0 amide bonds. The van der Waals surface area contributed by atoms with Gasteiger partial charge in [0.25, 0.3) is 5.88 Å². The largest absolute Gasteiger partial charge is 0.475 e. The van der Waals surface area contributed by atoms with Crippen molar-refractivity contribution in [1.82, 2.24) is 29.5 Å². The van der Waals surface area contributed by atoms with Crippen molar-refractivity contribution in [2.75, 3.05) is 25.1 Å². The van der Waals surface area contributed by atoms with Crippen LogP contribution in [0.4, 0.5) is 16.0 Å². The first-order chi connectivity index (χ1) is 13.6. The molecule has 1 fully saturated rings. The van der Waals surface area contributed by atoms with Gasteiger partial charge in [-0.15, -0.1) is 5.10 Å². The molecule has 0 spiro atoms. The molecule has 0 radical (unpaired) electrons. The zero-order valence-corrected chi connectivity index (χ0v) is 16.0.